The first-order valence-corrected chi connectivity index (χ1v) is 11.4. The SMILES string of the molecule is COc1ccc(-c2cc3ncn(CC[C@](C)(C(=O)CO)S(C)(=O)=O)c(=O)c3cc2F)cn1. The van der Waals surface area contributed by atoms with E-state index in [0.29, 0.717) is 11.4 Å². The van der Waals surface area contributed by atoms with Crippen LogP contribution in [0.3, 0.4) is 0 Å². The molecule has 0 spiro atoms. The van der Waals surface area contributed by atoms with E-state index in [1.807, 2.05) is 0 Å². The Morgan fingerprint density at radius 1 is 1.28 bits per heavy atom. The van der Waals surface area contributed by atoms with Crippen LogP contribution in [0.25, 0.3) is 22.0 Å². The van der Waals surface area contributed by atoms with Gasteiger partial charge >= 0.3 is 0 Å². The number of aliphatic hydroxyl groups excluding tert-OH is 1. The first-order chi connectivity index (χ1) is 15.0. The van der Waals surface area contributed by atoms with Gasteiger partial charge in [0.2, 0.25) is 5.88 Å². The maximum atomic E-state index is 14.8. The maximum Gasteiger partial charge on any atom is 0.261 e. The Hall–Kier alpha value is -3.18. The van der Waals surface area contributed by atoms with Crippen LogP contribution in [0.2, 0.25) is 0 Å². The van der Waals surface area contributed by atoms with Gasteiger partial charge in [0.1, 0.15) is 17.2 Å². The van der Waals surface area contributed by atoms with Crippen molar-refractivity contribution in [1.82, 2.24) is 14.5 Å². The summed E-state index contributed by atoms with van der Waals surface area (Å²) >= 11 is 0. The topological polar surface area (TPSA) is 128 Å². The molecule has 0 fully saturated rings. The van der Waals surface area contributed by atoms with Gasteiger partial charge in [0.15, 0.2) is 15.6 Å². The zero-order chi connectivity index (χ0) is 23.7. The van der Waals surface area contributed by atoms with Crippen molar-refractivity contribution in [2.45, 2.75) is 24.6 Å². The molecule has 170 valence electrons. The van der Waals surface area contributed by atoms with E-state index in [0.717, 1.165) is 16.9 Å². The van der Waals surface area contributed by atoms with E-state index >= 15 is 0 Å². The standard InChI is InChI=1S/C21H22FN3O6S/c1-21(18(27)11-26,32(3,29)30)6-7-25-12-24-17-9-14(16(22)8-15(17)20(25)28)13-4-5-19(31-2)23-10-13/h4-5,8-10,12,26H,6-7,11H2,1-3H3/t21-/m1/s1. The molecule has 3 aromatic rings. The van der Waals surface area contributed by atoms with Crippen LogP contribution in [0.5, 0.6) is 5.88 Å². The minimum absolute atomic E-state index is 0.00441. The molecule has 0 aliphatic heterocycles. The number of Topliss-reactive ketones (excluding diaryl/α,β-unsaturated/α-hetero) is 1. The molecule has 0 aliphatic rings. The summed E-state index contributed by atoms with van der Waals surface area (Å²) in [7, 11) is -2.41. The molecule has 1 aromatic carbocycles. The molecule has 0 bridgehead atoms. The van der Waals surface area contributed by atoms with E-state index in [1.54, 1.807) is 12.1 Å². The summed E-state index contributed by atoms with van der Waals surface area (Å²) in [4.78, 5) is 33.2. The number of halogens is 1. The molecule has 1 atom stereocenters. The Labute approximate surface area is 183 Å². The third-order valence-corrected chi connectivity index (χ3v) is 7.62. The van der Waals surface area contributed by atoms with Gasteiger partial charge in [-0.15, -0.1) is 0 Å². The summed E-state index contributed by atoms with van der Waals surface area (Å²) in [5, 5.41) is 9.16. The van der Waals surface area contributed by atoms with Crippen LogP contribution >= 0.6 is 0 Å². The van der Waals surface area contributed by atoms with E-state index in [9.17, 15) is 22.4 Å². The number of hydrogen-bond donors (Lipinski definition) is 1. The van der Waals surface area contributed by atoms with Crippen molar-refractivity contribution in [2.75, 3.05) is 20.0 Å². The summed E-state index contributed by atoms with van der Waals surface area (Å²) < 4.78 is 43.3. The fraction of sp³-hybridized carbons (Fsp3) is 0.333. The normalized spacial score (nSPS) is 13.7. The lowest BCUT2D eigenvalue weighted by Crippen LogP contribution is -2.46. The van der Waals surface area contributed by atoms with Gasteiger partial charge in [-0.2, -0.15) is 0 Å². The second-order valence-corrected chi connectivity index (χ2v) is 9.96. The van der Waals surface area contributed by atoms with Crippen LogP contribution in [0.4, 0.5) is 4.39 Å². The summed E-state index contributed by atoms with van der Waals surface area (Å²) in [6.07, 6.45) is 3.29. The van der Waals surface area contributed by atoms with Crippen molar-refractivity contribution >= 4 is 26.5 Å². The fourth-order valence-corrected chi connectivity index (χ4v) is 4.19. The summed E-state index contributed by atoms with van der Waals surface area (Å²) in [6, 6.07) is 5.70. The number of benzene rings is 1. The summed E-state index contributed by atoms with van der Waals surface area (Å²) in [5.41, 5.74) is 0.342. The van der Waals surface area contributed by atoms with E-state index in [-0.39, 0.29) is 29.4 Å². The minimum Gasteiger partial charge on any atom is -0.481 e. The van der Waals surface area contributed by atoms with E-state index < -0.39 is 38.4 Å². The Morgan fingerprint density at radius 2 is 2.00 bits per heavy atom. The van der Waals surface area contributed by atoms with Gasteiger partial charge in [0.25, 0.3) is 5.56 Å². The monoisotopic (exact) mass is 463 g/mol. The van der Waals surface area contributed by atoms with Crippen molar-refractivity contribution in [3.05, 3.63) is 53.0 Å². The second kappa shape index (κ2) is 8.75. The Balaban J connectivity index is 1.98. The number of nitrogens with zero attached hydrogens (tertiary/aromatic N) is 3. The second-order valence-electron chi connectivity index (χ2n) is 7.52. The first-order valence-electron chi connectivity index (χ1n) is 9.54. The summed E-state index contributed by atoms with van der Waals surface area (Å²) in [6.45, 7) is 0.0979. The molecule has 0 unspecified atom stereocenters. The quantitative estimate of drug-likeness (QED) is 0.530. The van der Waals surface area contributed by atoms with Crippen molar-refractivity contribution in [3.8, 4) is 17.0 Å². The van der Waals surface area contributed by atoms with E-state index in [4.69, 9.17) is 9.84 Å². The van der Waals surface area contributed by atoms with Crippen LogP contribution in [0.1, 0.15) is 13.3 Å². The molecule has 0 aliphatic carbocycles. The number of hydrogen-bond acceptors (Lipinski definition) is 8. The van der Waals surface area contributed by atoms with Gasteiger partial charge in [-0.3, -0.25) is 14.2 Å². The van der Waals surface area contributed by atoms with Crippen molar-refractivity contribution < 1.29 is 27.4 Å². The highest BCUT2D eigenvalue weighted by Crippen LogP contribution is 2.27. The number of methoxy groups -OCH3 is 1. The molecule has 0 amide bonds. The van der Waals surface area contributed by atoms with Crippen LogP contribution in [-0.4, -0.2) is 58.6 Å². The fourth-order valence-electron chi connectivity index (χ4n) is 3.25. The number of ketones is 1. The number of aliphatic hydroxyl groups is 1. The molecule has 1 N–H and O–H groups in total. The number of aryl methyl sites for hydroxylation is 1. The van der Waals surface area contributed by atoms with Crippen molar-refractivity contribution in [1.29, 1.82) is 0 Å². The molecule has 0 radical (unpaired) electrons. The summed E-state index contributed by atoms with van der Waals surface area (Å²) in [5.74, 6) is -1.15. The third kappa shape index (κ3) is 4.26. The number of sulfone groups is 1. The third-order valence-electron chi connectivity index (χ3n) is 5.55. The number of carbonyl (C=O) groups is 1. The van der Waals surface area contributed by atoms with E-state index in [1.165, 1.54) is 32.6 Å². The zero-order valence-corrected chi connectivity index (χ0v) is 18.5. The zero-order valence-electron chi connectivity index (χ0n) is 17.7. The molecule has 9 nitrogen and oxygen atoms in total. The number of ether oxygens (including phenoxy) is 1. The molecular weight excluding hydrogens is 441 g/mol. The lowest BCUT2D eigenvalue weighted by molar-refractivity contribution is -0.124. The molecule has 32 heavy (non-hydrogen) atoms. The smallest absolute Gasteiger partial charge is 0.261 e. The van der Waals surface area contributed by atoms with Gasteiger partial charge in [-0.25, -0.2) is 22.8 Å². The van der Waals surface area contributed by atoms with Gasteiger partial charge in [-0.1, -0.05) is 0 Å². The van der Waals surface area contributed by atoms with Gasteiger partial charge in [0, 0.05) is 36.2 Å². The molecule has 2 heterocycles. The molecule has 0 saturated carbocycles. The number of carbonyl (C=O) groups excluding carboxylic acids is 1. The number of pyridine rings is 1. The Morgan fingerprint density at radius 3 is 2.56 bits per heavy atom. The lowest BCUT2D eigenvalue weighted by atomic mass is 10.0. The largest absolute Gasteiger partial charge is 0.481 e. The van der Waals surface area contributed by atoms with Gasteiger partial charge in [0.05, 0.1) is 24.3 Å². The van der Waals surface area contributed by atoms with Gasteiger partial charge in [-0.05, 0) is 31.5 Å². The van der Waals surface area contributed by atoms with Crippen molar-refractivity contribution in [2.24, 2.45) is 0 Å². The van der Waals surface area contributed by atoms with Crippen LogP contribution in [0.15, 0.2) is 41.6 Å². The van der Waals surface area contributed by atoms with Crippen LogP contribution < -0.4 is 10.3 Å². The van der Waals surface area contributed by atoms with Crippen LogP contribution in [0, 0.1) is 5.82 Å². The number of fused-ring (bicyclic) bond motifs is 1. The predicted molar refractivity (Wildman–Crippen MR) is 116 cm³/mol. The Kier molecular flexibility index (Phi) is 6.42. The maximum absolute atomic E-state index is 14.8. The highest BCUT2D eigenvalue weighted by Gasteiger charge is 2.42. The number of aromatic nitrogens is 3. The molecular formula is C21H22FN3O6S. The van der Waals surface area contributed by atoms with E-state index in [2.05, 4.69) is 9.97 Å². The molecule has 3 rings (SSSR count). The Bertz CT molecular complexity index is 1340. The average molecular weight is 463 g/mol. The number of rotatable bonds is 8. The van der Waals surface area contributed by atoms with Crippen molar-refractivity contribution in [3.63, 3.8) is 0 Å². The molecule has 2 aromatic heterocycles. The predicted octanol–water partition coefficient (Wildman–Crippen LogP) is 1.36. The van der Waals surface area contributed by atoms with Gasteiger partial charge < -0.3 is 9.84 Å². The highest BCUT2D eigenvalue weighted by molar-refractivity contribution is 7.92. The molecule has 11 heteroatoms. The van der Waals surface area contributed by atoms with Crippen LogP contribution in [-0.2, 0) is 21.2 Å². The minimum atomic E-state index is -3.87. The first kappa shape index (κ1) is 23.5. The molecule has 0 saturated heterocycles. The highest BCUT2D eigenvalue weighted by atomic mass is 32.2. The lowest BCUT2D eigenvalue weighted by Gasteiger charge is -2.25. The average Bonchev–Trinajstić information content (AvgIpc) is 2.77.